The molecule has 0 saturated heterocycles. The molecule has 278 valence electrons. The molecule has 1 unspecified atom stereocenters. The monoisotopic (exact) mass is 731 g/mol. The molecule has 4 aromatic rings. The van der Waals surface area contributed by atoms with E-state index in [0.717, 1.165) is 16.7 Å². The number of halogens is 5. The van der Waals surface area contributed by atoms with Crippen molar-refractivity contribution in [1.82, 2.24) is 14.5 Å². The van der Waals surface area contributed by atoms with E-state index in [1.807, 2.05) is 0 Å². The largest absolute Gasteiger partial charge is 0.490 e. The fourth-order valence-corrected chi connectivity index (χ4v) is 5.47. The van der Waals surface area contributed by atoms with Gasteiger partial charge in [-0.05, 0) is 57.9 Å². The van der Waals surface area contributed by atoms with Crippen LogP contribution >= 0.6 is 0 Å². The van der Waals surface area contributed by atoms with Crippen molar-refractivity contribution in [2.75, 3.05) is 13.7 Å². The number of amides is 1. The van der Waals surface area contributed by atoms with Gasteiger partial charge in [0.2, 0.25) is 0 Å². The molecule has 15 heteroatoms. The molecule has 0 radical (unpaired) electrons. The number of nitrogens with one attached hydrogen (secondary N) is 1. The van der Waals surface area contributed by atoms with E-state index in [1.165, 1.54) is 32.2 Å². The molecule has 52 heavy (non-hydrogen) atoms. The fourth-order valence-electron chi connectivity index (χ4n) is 5.47. The van der Waals surface area contributed by atoms with Gasteiger partial charge in [0.15, 0.2) is 11.6 Å². The second-order valence-corrected chi connectivity index (χ2v) is 12.8. The molecule has 1 heterocycles. The smallest absolute Gasteiger partial charge is 0.416 e. The predicted octanol–water partition coefficient (Wildman–Crippen LogP) is 6.93. The zero-order valence-corrected chi connectivity index (χ0v) is 29.1. The molecule has 0 aliphatic carbocycles. The van der Waals surface area contributed by atoms with Crippen molar-refractivity contribution in [2.24, 2.45) is 0 Å². The lowest BCUT2D eigenvalue weighted by Gasteiger charge is -2.25. The van der Waals surface area contributed by atoms with Crippen LogP contribution in [-0.4, -0.2) is 40.5 Å². The van der Waals surface area contributed by atoms with Crippen LogP contribution < -0.4 is 21.3 Å². The number of alkyl halides is 3. The average Bonchev–Trinajstić information content (AvgIpc) is 3.07. The number of aromatic nitrogens is 2. The summed E-state index contributed by atoms with van der Waals surface area (Å²) in [5, 5.41) is 2.63. The fraction of sp³-hybridized carbons (Fsp3) is 0.351. The maximum absolute atomic E-state index is 16.2. The SMILES string of the molecule is COC(=O)CCCOc1cccc(-c2c(C)n(Cc3c(F)cccc3C(F)(F)F)c(=O)n(CC(NC(=O)OC(C)(C)C)c3ccccc3)c2=O)c1F. The molecule has 0 aliphatic rings. The Kier molecular flexibility index (Phi) is 12.3. The van der Waals surface area contributed by atoms with Crippen LogP contribution in [0, 0.1) is 18.6 Å². The van der Waals surface area contributed by atoms with Gasteiger partial charge in [0.1, 0.15) is 11.4 Å². The second-order valence-electron chi connectivity index (χ2n) is 12.8. The standard InChI is InChI=1S/C37H38F5N3O7/c1-22-31(24-14-9-17-29(32(24)39)51-19-11-18-30(46)50-5)33(47)45(21-28(23-12-7-6-8-13-23)43-34(48)52-36(2,3)4)35(49)44(22)20-25-26(37(40,41)42)15-10-16-27(25)38/h6-10,12-17,28H,11,18-21H2,1-5H3,(H,43,48). The van der Waals surface area contributed by atoms with E-state index in [1.54, 1.807) is 51.1 Å². The lowest BCUT2D eigenvalue weighted by atomic mass is 10.0. The van der Waals surface area contributed by atoms with E-state index in [0.29, 0.717) is 16.2 Å². The molecule has 0 fully saturated rings. The highest BCUT2D eigenvalue weighted by molar-refractivity contribution is 5.69. The van der Waals surface area contributed by atoms with E-state index < -0.39 is 82.5 Å². The Labute approximate surface area is 295 Å². The molecule has 0 bridgehead atoms. The van der Waals surface area contributed by atoms with Crippen LogP contribution in [-0.2, 0) is 33.5 Å². The maximum atomic E-state index is 16.2. The highest BCUT2D eigenvalue weighted by Crippen LogP contribution is 2.34. The number of rotatable bonds is 12. The summed E-state index contributed by atoms with van der Waals surface area (Å²) in [4.78, 5) is 52.9. The van der Waals surface area contributed by atoms with E-state index >= 15 is 8.78 Å². The van der Waals surface area contributed by atoms with E-state index in [-0.39, 0.29) is 36.5 Å². The number of carbonyl (C=O) groups excluding carboxylic acids is 2. The first kappa shape index (κ1) is 39.3. The number of benzene rings is 3. The Morgan fingerprint density at radius 2 is 1.58 bits per heavy atom. The molecule has 3 aromatic carbocycles. The summed E-state index contributed by atoms with van der Waals surface area (Å²) >= 11 is 0. The van der Waals surface area contributed by atoms with Gasteiger partial charge in [-0.15, -0.1) is 0 Å². The quantitative estimate of drug-likeness (QED) is 0.0955. The Morgan fingerprint density at radius 1 is 0.904 bits per heavy atom. The molecule has 0 saturated carbocycles. The molecule has 4 rings (SSSR count). The van der Waals surface area contributed by atoms with Crippen molar-refractivity contribution in [2.45, 2.75) is 71.4 Å². The van der Waals surface area contributed by atoms with Gasteiger partial charge in [-0.25, -0.2) is 18.4 Å². The zero-order valence-electron chi connectivity index (χ0n) is 29.1. The normalized spacial score (nSPS) is 12.3. The number of ether oxygens (including phenoxy) is 3. The summed E-state index contributed by atoms with van der Waals surface area (Å²) in [6, 6.07) is 13.3. The Balaban J connectivity index is 1.93. The number of hydrogen-bond acceptors (Lipinski definition) is 7. The van der Waals surface area contributed by atoms with Gasteiger partial charge in [-0.2, -0.15) is 13.2 Å². The van der Waals surface area contributed by atoms with Gasteiger partial charge in [0.05, 0.1) is 44.0 Å². The molecule has 1 aromatic heterocycles. The van der Waals surface area contributed by atoms with Gasteiger partial charge in [-0.1, -0.05) is 48.5 Å². The number of nitrogens with zero attached hydrogens (tertiary/aromatic N) is 2. The van der Waals surface area contributed by atoms with E-state index in [9.17, 15) is 32.3 Å². The number of esters is 1. The van der Waals surface area contributed by atoms with Crippen LogP contribution in [0.2, 0.25) is 0 Å². The lowest BCUT2D eigenvalue weighted by molar-refractivity contribution is -0.141. The number of methoxy groups -OCH3 is 1. The third-order valence-electron chi connectivity index (χ3n) is 7.93. The maximum Gasteiger partial charge on any atom is 0.416 e. The minimum atomic E-state index is -5.01. The number of carbonyl (C=O) groups is 2. The Bertz CT molecular complexity index is 2040. The molecule has 0 spiro atoms. The molecular weight excluding hydrogens is 693 g/mol. The first-order chi connectivity index (χ1) is 24.4. The van der Waals surface area contributed by atoms with Gasteiger partial charge in [-0.3, -0.25) is 18.7 Å². The van der Waals surface area contributed by atoms with Crippen LogP contribution in [0.1, 0.15) is 62.0 Å². The molecule has 1 amide bonds. The van der Waals surface area contributed by atoms with Crippen molar-refractivity contribution in [3.63, 3.8) is 0 Å². The van der Waals surface area contributed by atoms with Crippen LogP contribution in [0.25, 0.3) is 11.1 Å². The lowest BCUT2D eigenvalue weighted by Crippen LogP contribution is -2.46. The molecule has 1 atom stereocenters. The minimum absolute atomic E-state index is 0.0114. The van der Waals surface area contributed by atoms with Crippen molar-refractivity contribution < 1.29 is 45.8 Å². The number of alkyl carbamates (subject to hydrolysis) is 1. The first-order valence-electron chi connectivity index (χ1n) is 16.1. The van der Waals surface area contributed by atoms with Gasteiger partial charge in [0, 0.05) is 23.2 Å². The van der Waals surface area contributed by atoms with Crippen LogP contribution in [0.3, 0.4) is 0 Å². The summed E-state index contributed by atoms with van der Waals surface area (Å²) in [5.74, 6) is -3.11. The van der Waals surface area contributed by atoms with Crippen molar-refractivity contribution >= 4 is 12.1 Å². The summed E-state index contributed by atoms with van der Waals surface area (Å²) in [7, 11) is 1.21. The first-order valence-corrected chi connectivity index (χ1v) is 16.1. The molecule has 1 N–H and O–H groups in total. The number of hydrogen-bond donors (Lipinski definition) is 1. The minimum Gasteiger partial charge on any atom is -0.490 e. The van der Waals surface area contributed by atoms with Crippen LogP contribution in [0.15, 0.2) is 76.3 Å². The van der Waals surface area contributed by atoms with E-state index in [2.05, 4.69) is 10.1 Å². The zero-order chi connectivity index (χ0) is 38.4. The second kappa shape index (κ2) is 16.3. The predicted molar refractivity (Wildman–Crippen MR) is 181 cm³/mol. The van der Waals surface area contributed by atoms with Gasteiger partial charge in [0.25, 0.3) is 5.56 Å². The van der Waals surface area contributed by atoms with Gasteiger partial charge >= 0.3 is 23.9 Å². The summed E-state index contributed by atoms with van der Waals surface area (Å²) in [6.07, 6.45) is -5.75. The van der Waals surface area contributed by atoms with E-state index in [4.69, 9.17) is 9.47 Å². The summed E-state index contributed by atoms with van der Waals surface area (Å²) < 4.78 is 90.4. The Morgan fingerprint density at radius 3 is 2.21 bits per heavy atom. The third kappa shape index (κ3) is 9.44. The van der Waals surface area contributed by atoms with Crippen LogP contribution in [0.5, 0.6) is 5.75 Å². The van der Waals surface area contributed by atoms with Crippen molar-refractivity contribution in [1.29, 1.82) is 0 Å². The highest BCUT2D eigenvalue weighted by Gasteiger charge is 2.35. The molecule has 0 aliphatic heterocycles. The molecule has 10 nitrogen and oxygen atoms in total. The highest BCUT2D eigenvalue weighted by atomic mass is 19.4. The van der Waals surface area contributed by atoms with Crippen molar-refractivity contribution in [3.05, 3.63) is 122 Å². The molecular formula is C37H38F5N3O7. The summed E-state index contributed by atoms with van der Waals surface area (Å²) in [6.45, 7) is 4.44. The Hall–Kier alpha value is -5.47. The topological polar surface area (TPSA) is 118 Å². The van der Waals surface area contributed by atoms with Crippen molar-refractivity contribution in [3.8, 4) is 16.9 Å². The third-order valence-corrected chi connectivity index (χ3v) is 7.93. The van der Waals surface area contributed by atoms with Crippen LogP contribution in [0.4, 0.5) is 26.7 Å². The average molecular weight is 732 g/mol. The summed E-state index contributed by atoms with van der Waals surface area (Å²) in [5.41, 5.74) is -5.97. The van der Waals surface area contributed by atoms with Gasteiger partial charge < -0.3 is 19.5 Å².